The first-order valence-corrected chi connectivity index (χ1v) is 13.4. The molecule has 1 aliphatic heterocycles. The van der Waals surface area contributed by atoms with E-state index < -0.39 is 0 Å². The van der Waals surface area contributed by atoms with Gasteiger partial charge in [0, 0.05) is 25.7 Å². The van der Waals surface area contributed by atoms with Crippen LogP contribution in [0.5, 0.6) is 11.5 Å². The van der Waals surface area contributed by atoms with Gasteiger partial charge in [-0.2, -0.15) is 0 Å². The third-order valence-electron chi connectivity index (χ3n) is 8.25. The van der Waals surface area contributed by atoms with Gasteiger partial charge in [-0.1, -0.05) is 49.4 Å². The Bertz CT molecular complexity index is 1040. The summed E-state index contributed by atoms with van der Waals surface area (Å²) in [6.45, 7) is 6.48. The van der Waals surface area contributed by atoms with Crippen molar-refractivity contribution in [3.63, 3.8) is 0 Å². The first-order chi connectivity index (χ1) is 17.1. The van der Waals surface area contributed by atoms with Crippen molar-refractivity contribution in [2.45, 2.75) is 57.7 Å². The van der Waals surface area contributed by atoms with Crippen molar-refractivity contribution in [3.8, 4) is 11.5 Å². The number of aromatic hydroxyl groups is 1. The number of phenols is 1. The lowest BCUT2D eigenvalue weighted by Crippen LogP contribution is -2.43. The third-order valence-corrected chi connectivity index (χ3v) is 8.25. The molecule has 186 valence electrons. The minimum atomic E-state index is 0.341. The van der Waals surface area contributed by atoms with Gasteiger partial charge < -0.3 is 14.7 Å². The van der Waals surface area contributed by atoms with E-state index in [-0.39, 0.29) is 0 Å². The molecule has 0 radical (unpaired) electrons. The average molecular weight is 473 g/mol. The molecule has 1 heterocycles. The Morgan fingerprint density at radius 3 is 2.51 bits per heavy atom. The summed E-state index contributed by atoms with van der Waals surface area (Å²) < 4.78 is 6.26. The fraction of sp³-hybridized carbons (Fsp3) is 0.484. The Labute approximate surface area is 210 Å². The molecule has 3 atom stereocenters. The number of phenolic OH excluding ortho intramolecular Hbond substituents is 1. The van der Waals surface area contributed by atoms with Gasteiger partial charge in [0.25, 0.3) is 0 Å². The fourth-order valence-electron chi connectivity index (χ4n) is 6.14. The zero-order chi connectivity index (χ0) is 24.2. The Hall–Kier alpha value is -2.56. The van der Waals surface area contributed by atoms with Crippen LogP contribution in [0.2, 0.25) is 0 Å². The number of fused-ring (bicyclic) bond motifs is 1. The van der Waals surface area contributed by atoms with Gasteiger partial charge in [-0.25, -0.2) is 0 Å². The van der Waals surface area contributed by atoms with Crippen LogP contribution in [0.4, 0.5) is 0 Å². The highest BCUT2D eigenvalue weighted by Crippen LogP contribution is 2.37. The summed E-state index contributed by atoms with van der Waals surface area (Å²) in [5.74, 6) is 2.52. The smallest absolute Gasteiger partial charge is 0.119 e. The lowest BCUT2D eigenvalue weighted by atomic mass is 9.73. The predicted molar refractivity (Wildman–Crippen MR) is 143 cm³/mol. The van der Waals surface area contributed by atoms with E-state index in [1.807, 2.05) is 12.1 Å². The first-order valence-electron chi connectivity index (χ1n) is 13.4. The number of ether oxygens (including phenoxy) is 1. The number of piperidine rings is 1. The van der Waals surface area contributed by atoms with Crippen molar-refractivity contribution < 1.29 is 9.84 Å². The van der Waals surface area contributed by atoms with E-state index in [4.69, 9.17) is 4.74 Å². The Morgan fingerprint density at radius 2 is 1.74 bits per heavy atom. The zero-order valence-corrected chi connectivity index (χ0v) is 21.3. The topological polar surface area (TPSA) is 35.9 Å². The molecule has 2 unspecified atom stereocenters. The molecule has 2 aromatic rings. The van der Waals surface area contributed by atoms with E-state index in [0.717, 1.165) is 57.6 Å². The molecular weight excluding hydrogens is 432 g/mol. The van der Waals surface area contributed by atoms with E-state index in [1.165, 1.54) is 23.1 Å². The van der Waals surface area contributed by atoms with Crippen molar-refractivity contribution in [2.75, 3.05) is 26.7 Å². The van der Waals surface area contributed by atoms with Gasteiger partial charge in [0.2, 0.25) is 0 Å². The van der Waals surface area contributed by atoms with E-state index in [2.05, 4.69) is 78.4 Å². The minimum absolute atomic E-state index is 0.341. The van der Waals surface area contributed by atoms with Gasteiger partial charge >= 0.3 is 0 Å². The summed E-state index contributed by atoms with van der Waals surface area (Å²) in [4.78, 5) is 4.99. The number of rotatable bonds is 7. The number of aryl methyl sites for hydroxylation is 1. The summed E-state index contributed by atoms with van der Waals surface area (Å²) in [6, 6.07) is 15.1. The molecule has 0 amide bonds. The van der Waals surface area contributed by atoms with Gasteiger partial charge in [-0.15, -0.1) is 0 Å². The Balaban J connectivity index is 1.23. The maximum Gasteiger partial charge on any atom is 0.119 e. The average Bonchev–Trinajstić information content (AvgIpc) is 2.89. The SMILES string of the molecule is CCN(Cc1ccc(OC2CCN(C)CC2)cc1)C1C=CC=CC1[C@@H]1CCc2cc(O)ccc2C1. The monoisotopic (exact) mass is 472 g/mol. The van der Waals surface area contributed by atoms with Crippen LogP contribution in [0, 0.1) is 11.8 Å². The molecule has 35 heavy (non-hydrogen) atoms. The zero-order valence-electron chi connectivity index (χ0n) is 21.3. The van der Waals surface area contributed by atoms with E-state index in [9.17, 15) is 5.11 Å². The van der Waals surface area contributed by atoms with E-state index in [1.54, 1.807) is 0 Å². The molecule has 4 nitrogen and oxygen atoms in total. The second kappa shape index (κ2) is 11.0. The number of benzene rings is 2. The van der Waals surface area contributed by atoms with Gasteiger partial charge in [0.15, 0.2) is 0 Å². The van der Waals surface area contributed by atoms with E-state index >= 15 is 0 Å². The number of hydrogen-bond acceptors (Lipinski definition) is 4. The maximum absolute atomic E-state index is 9.86. The fourth-order valence-corrected chi connectivity index (χ4v) is 6.14. The number of likely N-dealkylation sites (tertiary alicyclic amines) is 1. The summed E-state index contributed by atoms with van der Waals surface area (Å²) in [5.41, 5.74) is 4.07. The molecule has 1 N–H and O–H groups in total. The largest absolute Gasteiger partial charge is 0.508 e. The molecule has 0 bridgehead atoms. The summed E-state index contributed by atoms with van der Waals surface area (Å²) in [5, 5.41) is 9.86. The molecule has 0 spiro atoms. The Morgan fingerprint density at radius 1 is 0.971 bits per heavy atom. The molecule has 4 heteroatoms. The van der Waals surface area contributed by atoms with Crippen molar-refractivity contribution >= 4 is 0 Å². The van der Waals surface area contributed by atoms with Gasteiger partial charge in [0.05, 0.1) is 0 Å². The van der Waals surface area contributed by atoms with Crippen LogP contribution < -0.4 is 4.74 Å². The minimum Gasteiger partial charge on any atom is -0.508 e. The van der Waals surface area contributed by atoms with Crippen LogP contribution in [0.15, 0.2) is 66.8 Å². The number of likely N-dealkylation sites (N-methyl/N-ethyl adjacent to an activating group) is 1. The molecule has 2 aromatic carbocycles. The van der Waals surface area contributed by atoms with Gasteiger partial charge in [-0.05, 0) is 98.5 Å². The molecule has 5 rings (SSSR count). The highest BCUT2D eigenvalue weighted by Gasteiger charge is 2.33. The quantitative estimate of drug-likeness (QED) is 0.569. The lowest BCUT2D eigenvalue weighted by molar-refractivity contribution is 0.114. The van der Waals surface area contributed by atoms with Crippen LogP contribution in [0.25, 0.3) is 0 Å². The van der Waals surface area contributed by atoms with Crippen LogP contribution in [0.3, 0.4) is 0 Å². The second-order valence-electron chi connectivity index (χ2n) is 10.6. The molecule has 0 saturated carbocycles. The van der Waals surface area contributed by atoms with E-state index in [0.29, 0.717) is 29.7 Å². The first kappa shape index (κ1) is 24.1. The normalized spacial score (nSPS) is 25.1. The second-order valence-corrected chi connectivity index (χ2v) is 10.6. The highest BCUT2D eigenvalue weighted by molar-refractivity contribution is 5.37. The van der Waals surface area contributed by atoms with Crippen molar-refractivity contribution in [1.82, 2.24) is 9.80 Å². The van der Waals surface area contributed by atoms with Crippen molar-refractivity contribution in [3.05, 3.63) is 83.5 Å². The standard InChI is InChI=1S/C31H40N2O2/c1-3-33(22-23-8-14-28(15-9-23)35-29-16-18-32(2)19-17-29)31-7-5-4-6-30(31)26-11-10-25-21-27(34)13-12-24(25)20-26/h4-9,12-15,21,26,29-31,34H,3,10-11,16-20,22H2,1-2H3/t26-,30?,31?/m1/s1. The molecule has 3 aliphatic rings. The van der Waals surface area contributed by atoms with Crippen LogP contribution >= 0.6 is 0 Å². The summed E-state index contributed by atoms with van der Waals surface area (Å²) in [6.07, 6.45) is 15.2. The number of nitrogens with zero attached hydrogens (tertiary/aromatic N) is 2. The van der Waals surface area contributed by atoms with Crippen LogP contribution in [-0.4, -0.2) is 53.7 Å². The van der Waals surface area contributed by atoms with Crippen LogP contribution in [0.1, 0.15) is 42.9 Å². The van der Waals surface area contributed by atoms with Crippen LogP contribution in [-0.2, 0) is 19.4 Å². The van der Waals surface area contributed by atoms with Crippen molar-refractivity contribution in [1.29, 1.82) is 0 Å². The lowest BCUT2D eigenvalue weighted by Gasteiger charge is -2.40. The highest BCUT2D eigenvalue weighted by atomic mass is 16.5. The maximum atomic E-state index is 9.86. The van der Waals surface area contributed by atoms with Gasteiger partial charge in [0.1, 0.15) is 17.6 Å². The number of allylic oxidation sites excluding steroid dienone is 2. The molecular formula is C31H40N2O2. The number of hydrogen-bond donors (Lipinski definition) is 1. The molecule has 1 fully saturated rings. The predicted octanol–water partition coefficient (Wildman–Crippen LogP) is 5.60. The molecule has 1 saturated heterocycles. The molecule has 2 aliphatic carbocycles. The Kier molecular flexibility index (Phi) is 7.60. The summed E-state index contributed by atoms with van der Waals surface area (Å²) >= 11 is 0. The third kappa shape index (κ3) is 5.82. The van der Waals surface area contributed by atoms with Gasteiger partial charge in [-0.3, -0.25) is 4.90 Å². The summed E-state index contributed by atoms with van der Waals surface area (Å²) in [7, 11) is 2.19. The molecule has 0 aromatic heterocycles. The van der Waals surface area contributed by atoms with Crippen molar-refractivity contribution in [2.24, 2.45) is 11.8 Å².